The minimum atomic E-state index is -1.13. The molecule has 3 rings (SSSR count). The molecule has 0 bridgehead atoms. The largest absolute Gasteiger partial charge is 0.477 e. The molecule has 0 saturated carbocycles. The summed E-state index contributed by atoms with van der Waals surface area (Å²) >= 11 is 1.37. The number of fused-ring (bicyclic) bond motifs is 1. The lowest BCUT2D eigenvalue weighted by Gasteiger charge is -2.46. The van der Waals surface area contributed by atoms with Crippen LogP contribution in [0.1, 0.15) is 20.3 Å². The van der Waals surface area contributed by atoms with Crippen molar-refractivity contribution in [3.63, 3.8) is 0 Å². The molecule has 22 heavy (non-hydrogen) atoms. The number of hydrogen-bond acceptors (Lipinski definition) is 5. The number of aliphatic hydroxyl groups excluding tert-OH is 1. The molecule has 2 amide bonds. The van der Waals surface area contributed by atoms with Crippen LogP contribution in [0.5, 0.6) is 0 Å². The number of aliphatic hydroxyl groups is 1. The van der Waals surface area contributed by atoms with E-state index in [0.29, 0.717) is 17.9 Å². The second-order valence-corrected chi connectivity index (χ2v) is 7.36. The highest BCUT2D eigenvalue weighted by atomic mass is 32.2. The van der Waals surface area contributed by atoms with E-state index in [1.165, 1.54) is 16.7 Å². The van der Waals surface area contributed by atoms with Crippen LogP contribution in [-0.4, -0.2) is 56.8 Å². The Balaban J connectivity index is 1.88. The molecule has 8 heteroatoms. The lowest BCUT2D eigenvalue weighted by Crippen LogP contribution is -2.63. The van der Waals surface area contributed by atoms with E-state index in [1.807, 2.05) is 6.92 Å². The van der Waals surface area contributed by atoms with Crippen LogP contribution in [0.25, 0.3) is 0 Å². The maximum Gasteiger partial charge on any atom is 0.353 e. The highest BCUT2D eigenvalue weighted by molar-refractivity contribution is 8.03. The number of rotatable bonds is 4. The summed E-state index contributed by atoms with van der Waals surface area (Å²) in [5, 5.41) is 22.0. The first-order valence-electron chi connectivity index (χ1n) is 7.25. The molecule has 120 valence electrons. The zero-order valence-corrected chi connectivity index (χ0v) is 13.1. The molecule has 0 aliphatic carbocycles. The van der Waals surface area contributed by atoms with Crippen LogP contribution in [0.2, 0.25) is 0 Å². The van der Waals surface area contributed by atoms with Crippen molar-refractivity contribution in [3.05, 3.63) is 10.6 Å². The molecule has 0 aromatic rings. The summed E-state index contributed by atoms with van der Waals surface area (Å²) in [5.41, 5.74) is 0.0174. The summed E-state index contributed by atoms with van der Waals surface area (Å²) in [5.74, 6) is -2.20. The Labute approximate surface area is 131 Å². The van der Waals surface area contributed by atoms with Crippen molar-refractivity contribution in [2.75, 3.05) is 6.54 Å². The molecule has 2 fully saturated rings. The summed E-state index contributed by atoms with van der Waals surface area (Å²) in [6, 6.07) is -0.300. The number of β-lactam (4-membered cyclic amide) rings is 1. The second kappa shape index (κ2) is 5.27. The predicted molar refractivity (Wildman–Crippen MR) is 78.6 cm³/mol. The smallest absolute Gasteiger partial charge is 0.353 e. The first-order chi connectivity index (χ1) is 10.3. The Bertz CT molecular complexity index is 588. The van der Waals surface area contributed by atoms with Gasteiger partial charge in [-0.2, -0.15) is 0 Å². The van der Waals surface area contributed by atoms with E-state index in [0.717, 1.165) is 0 Å². The summed E-state index contributed by atoms with van der Waals surface area (Å²) < 4.78 is 0. The molecule has 0 aromatic carbocycles. The maximum atomic E-state index is 12.2. The third-order valence-corrected chi connectivity index (χ3v) is 6.03. The monoisotopic (exact) mass is 326 g/mol. The lowest BCUT2D eigenvalue weighted by molar-refractivity contribution is -0.163. The Kier molecular flexibility index (Phi) is 3.68. The van der Waals surface area contributed by atoms with Crippen molar-refractivity contribution in [2.45, 2.75) is 37.7 Å². The average Bonchev–Trinajstić information content (AvgIpc) is 2.92. The molecule has 5 atom stereocenters. The first-order valence-corrected chi connectivity index (χ1v) is 8.12. The van der Waals surface area contributed by atoms with Gasteiger partial charge in [-0.15, -0.1) is 11.8 Å². The van der Waals surface area contributed by atoms with Crippen LogP contribution in [0.15, 0.2) is 10.6 Å². The van der Waals surface area contributed by atoms with Crippen molar-refractivity contribution in [1.82, 2.24) is 10.2 Å². The van der Waals surface area contributed by atoms with E-state index in [2.05, 4.69) is 5.32 Å². The first kappa shape index (κ1) is 15.4. The van der Waals surface area contributed by atoms with E-state index in [1.54, 1.807) is 6.92 Å². The number of amides is 2. The quantitative estimate of drug-likeness (QED) is 0.616. The molecule has 3 heterocycles. The number of carbonyl (C=O) groups is 3. The molecule has 2 saturated heterocycles. The Hall–Kier alpha value is -1.54. The fourth-order valence-corrected chi connectivity index (χ4v) is 4.93. The van der Waals surface area contributed by atoms with Gasteiger partial charge < -0.3 is 20.4 Å². The summed E-state index contributed by atoms with van der Waals surface area (Å²) in [6.45, 7) is 3.94. The number of nitrogens with zero attached hydrogens (tertiary/aromatic N) is 1. The standard InChI is InChI=1S/C14H18N2O5S/c1-5-10-9(6(2)17)13(19)16(10)11(14(20)21)12(5)22-7-3-8(18)15-4-7/h5-7,9-10,17H,3-4H2,1-2H3,(H,15,18)(H,20,21). The fourth-order valence-electron chi connectivity index (χ4n) is 3.52. The van der Waals surface area contributed by atoms with E-state index in [-0.39, 0.29) is 34.7 Å². The highest BCUT2D eigenvalue weighted by Crippen LogP contribution is 2.51. The molecule has 3 aliphatic rings. The summed E-state index contributed by atoms with van der Waals surface area (Å²) in [7, 11) is 0. The molecule has 0 spiro atoms. The Morgan fingerprint density at radius 2 is 2.14 bits per heavy atom. The summed E-state index contributed by atoms with van der Waals surface area (Å²) in [4.78, 5) is 37.0. The molecule has 0 aromatic heterocycles. The number of aliphatic carboxylic acids is 1. The molecule has 0 radical (unpaired) electrons. The number of thioether (sulfide) groups is 1. The maximum absolute atomic E-state index is 12.2. The van der Waals surface area contributed by atoms with Gasteiger partial charge in [-0.25, -0.2) is 4.79 Å². The summed E-state index contributed by atoms with van der Waals surface area (Å²) in [6.07, 6.45) is -0.447. The van der Waals surface area contributed by atoms with Crippen LogP contribution >= 0.6 is 11.8 Å². The molecule has 7 nitrogen and oxygen atoms in total. The third kappa shape index (κ3) is 2.13. The number of carboxylic acids is 1. The normalized spacial score (nSPS) is 35.3. The minimum absolute atomic E-state index is 0.0156. The topological polar surface area (TPSA) is 107 Å². The lowest BCUT2D eigenvalue weighted by atomic mass is 9.79. The molecule has 3 N–H and O–H groups in total. The van der Waals surface area contributed by atoms with Crippen LogP contribution in [-0.2, 0) is 14.4 Å². The van der Waals surface area contributed by atoms with E-state index >= 15 is 0 Å². The van der Waals surface area contributed by atoms with Crippen LogP contribution in [0, 0.1) is 11.8 Å². The van der Waals surface area contributed by atoms with Gasteiger partial charge in [0.25, 0.3) is 0 Å². The average molecular weight is 326 g/mol. The number of carbonyl (C=O) groups excluding carboxylic acids is 2. The van der Waals surface area contributed by atoms with E-state index < -0.39 is 18.0 Å². The molecular weight excluding hydrogens is 308 g/mol. The number of hydrogen-bond donors (Lipinski definition) is 3. The van der Waals surface area contributed by atoms with Crippen molar-refractivity contribution in [1.29, 1.82) is 0 Å². The van der Waals surface area contributed by atoms with Crippen LogP contribution < -0.4 is 5.32 Å². The van der Waals surface area contributed by atoms with Gasteiger partial charge in [-0.3, -0.25) is 9.59 Å². The SMILES string of the molecule is CC(O)C1C(=O)N2C(C(=O)O)=C(SC3CNC(=O)C3)C(C)C12. The second-order valence-electron chi connectivity index (χ2n) is 6.02. The van der Waals surface area contributed by atoms with Gasteiger partial charge in [0.05, 0.1) is 18.1 Å². The predicted octanol–water partition coefficient (Wildman–Crippen LogP) is -0.238. The van der Waals surface area contributed by atoms with E-state index in [9.17, 15) is 24.6 Å². The van der Waals surface area contributed by atoms with Gasteiger partial charge in [0.2, 0.25) is 11.8 Å². The van der Waals surface area contributed by atoms with Crippen LogP contribution in [0.3, 0.4) is 0 Å². The zero-order valence-electron chi connectivity index (χ0n) is 12.3. The van der Waals surface area contributed by atoms with Gasteiger partial charge in [0.1, 0.15) is 5.70 Å². The van der Waals surface area contributed by atoms with Gasteiger partial charge in [0.15, 0.2) is 0 Å². The Morgan fingerprint density at radius 3 is 2.64 bits per heavy atom. The van der Waals surface area contributed by atoms with Gasteiger partial charge in [-0.1, -0.05) is 6.92 Å². The Morgan fingerprint density at radius 1 is 1.45 bits per heavy atom. The fraction of sp³-hybridized carbons (Fsp3) is 0.643. The van der Waals surface area contributed by atoms with Gasteiger partial charge in [-0.05, 0) is 6.92 Å². The molecule has 3 aliphatic heterocycles. The number of carboxylic acid groups (broad SMARTS) is 1. The van der Waals surface area contributed by atoms with Crippen molar-refractivity contribution in [2.24, 2.45) is 11.8 Å². The van der Waals surface area contributed by atoms with Crippen molar-refractivity contribution >= 4 is 29.5 Å². The van der Waals surface area contributed by atoms with Gasteiger partial charge in [0, 0.05) is 29.0 Å². The molecule has 5 unspecified atom stereocenters. The zero-order chi connectivity index (χ0) is 16.2. The van der Waals surface area contributed by atoms with Crippen molar-refractivity contribution in [3.8, 4) is 0 Å². The third-order valence-electron chi connectivity index (χ3n) is 4.54. The van der Waals surface area contributed by atoms with E-state index in [4.69, 9.17) is 0 Å². The minimum Gasteiger partial charge on any atom is -0.477 e. The molecular formula is C14H18N2O5S. The van der Waals surface area contributed by atoms with Crippen molar-refractivity contribution < 1.29 is 24.6 Å². The highest BCUT2D eigenvalue weighted by Gasteiger charge is 2.60. The van der Waals surface area contributed by atoms with Crippen LogP contribution in [0.4, 0.5) is 0 Å². The number of nitrogens with one attached hydrogen (secondary N) is 1. The van der Waals surface area contributed by atoms with Gasteiger partial charge >= 0.3 is 5.97 Å².